The van der Waals surface area contributed by atoms with Gasteiger partial charge in [0.05, 0.1) is 30.6 Å². The van der Waals surface area contributed by atoms with Crippen molar-refractivity contribution in [1.82, 2.24) is 14.8 Å². The predicted molar refractivity (Wildman–Crippen MR) is 141 cm³/mol. The predicted octanol–water partition coefficient (Wildman–Crippen LogP) is 5.99. The molecular formula is C28H28F5N3O3S. The molecule has 0 radical (unpaired) electrons. The third kappa shape index (κ3) is 7.57. The lowest BCUT2D eigenvalue weighted by Gasteiger charge is -2.37. The van der Waals surface area contributed by atoms with E-state index in [9.17, 15) is 27.1 Å². The molecule has 1 fully saturated rings. The average Bonchev–Trinajstić information content (AvgIpc) is 3.40. The van der Waals surface area contributed by atoms with Crippen LogP contribution in [0.4, 0.5) is 22.0 Å². The fraction of sp³-hybridized carbons (Fsp3) is 0.357. The zero-order chi connectivity index (χ0) is 28.9. The second-order valence-electron chi connectivity index (χ2n) is 9.44. The molecule has 0 amide bonds. The standard InChI is InChI=1S/C28H28F5N3O3S/c1-18(11-20-4-6-21(7-5-20)28(31,32)33)3-10-26-38-13-23(14-39-26)40-19(2)27(37,15-36-17-34-16-35-36)24-9-8-22(29)12-25(24)30/h3-12,16-17,19,23,26,37H,13-15H2,1-2H3/b10-3+,18-11+/t19-,23-,26-,27-/m1/s1. The van der Waals surface area contributed by atoms with Crippen molar-refractivity contribution in [1.29, 1.82) is 0 Å². The quantitative estimate of drug-likeness (QED) is 0.248. The van der Waals surface area contributed by atoms with Crippen LogP contribution in [0.1, 0.15) is 30.5 Å². The summed E-state index contributed by atoms with van der Waals surface area (Å²) in [5.41, 5.74) is -1.09. The first kappa shape index (κ1) is 29.9. The lowest BCUT2D eigenvalue weighted by molar-refractivity contribution is -0.146. The molecule has 1 aliphatic rings. The number of thioether (sulfide) groups is 1. The molecule has 2 heterocycles. The molecule has 0 unspecified atom stereocenters. The molecule has 1 saturated heterocycles. The zero-order valence-electron chi connectivity index (χ0n) is 21.7. The number of rotatable bonds is 9. The van der Waals surface area contributed by atoms with Crippen LogP contribution in [-0.4, -0.2) is 49.9 Å². The highest BCUT2D eigenvalue weighted by Gasteiger charge is 2.41. The van der Waals surface area contributed by atoms with Crippen molar-refractivity contribution in [2.75, 3.05) is 13.2 Å². The van der Waals surface area contributed by atoms with Gasteiger partial charge in [0.15, 0.2) is 6.29 Å². The highest BCUT2D eigenvalue weighted by atomic mass is 32.2. The Morgan fingerprint density at radius 3 is 2.45 bits per heavy atom. The SMILES string of the molecule is CC(/C=C/[C@H]1OC[C@H](S[C@H](C)[C@](O)(Cn2cncn2)c2ccc(F)cc2F)CO1)=C\c1ccc(C(F)(F)F)cc1. The highest BCUT2D eigenvalue weighted by molar-refractivity contribution is 8.00. The van der Waals surface area contributed by atoms with Gasteiger partial charge in [-0.05, 0) is 36.8 Å². The Morgan fingerprint density at radius 1 is 1.15 bits per heavy atom. The Hall–Kier alpha value is -3.06. The van der Waals surface area contributed by atoms with Crippen molar-refractivity contribution < 1.29 is 36.5 Å². The third-order valence-electron chi connectivity index (χ3n) is 6.38. The summed E-state index contributed by atoms with van der Waals surface area (Å²) in [7, 11) is 0. The molecule has 0 aliphatic carbocycles. The van der Waals surface area contributed by atoms with Crippen LogP contribution in [-0.2, 0) is 27.8 Å². The Bertz CT molecular complexity index is 1320. The summed E-state index contributed by atoms with van der Waals surface area (Å²) in [6, 6.07) is 7.93. The lowest BCUT2D eigenvalue weighted by Crippen LogP contribution is -2.43. The smallest absolute Gasteiger partial charge is 0.382 e. The fourth-order valence-corrected chi connectivity index (χ4v) is 5.55. The minimum absolute atomic E-state index is 0.0573. The number of ether oxygens (including phenoxy) is 2. The van der Waals surface area contributed by atoms with Crippen LogP contribution >= 0.6 is 11.8 Å². The molecule has 4 rings (SSSR count). The number of halogens is 5. The molecule has 1 aromatic heterocycles. The number of allylic oxidation sites excluding steroid dienone is 2. The minimum Gasteiger partial charge on any atom is -0.382 e. The van der Waals surface area contributed by atoms with Crippen LogP contribution in [0.25, 0.3) is 6.08 Å². The Balaban J connectivity index is 1.36. The Kier molecular flexibility index (Phi) is 9.44. The maximum atomic E-state index is 14.8. The van der Waals surface area contributed by atoms with Crippen molar-refractivity contribution >= 4 is 17.8 Å². The summed E-state index contributed by atoms with van der Waals surface area (Å²) in [5.74, 6) is -1.61. The molecule has 0 spiro atoms. The highest BCUT2D eigenvalue weighted by Crippen LogP contribution is 2.38. The van der Waals surface area contributed by atoms with E-state index >= 15 is 0 Å². The number of nitrogens with zero attached hydrogens (tertiary/aromatic N) is 3. The van der Waals surface area contributed by atoms with Crippen molar-refractivity contribution in [3.8, 4) is 0 Å². The van der Waals surface area contributed by atoms with E-state index < -0.39 is 40.5 Å². The first-order valence-corrected chi connectivity index (χ1v) is 13.3. The summed E-state index contributed by atoms with van der Waals surface area (Å²) in [6.45, 7) is 4.02. The van der Waals surface area contributed by atoms with Crippen LogP contribution in [0.2, 0.25) is 0 Å². The minimum atomic E-state index is -4.38. The molecule has 0 bridgehead atoms. The summed E-state index contributed by atoms with van der Waals surface area (Å²) in [4.78, 5) is 3.87. The van der Waals surface area contributed by atoms with Crippen LogP contribution in [0, 0.1) is 11.6 Å². The molecule has 214 valence electrons. The summed E-state index contributed by atoms with van der Waals surface area (Å²) < 4.78 is 79.5. The van der Waals surface area contributed by atoms with E-state index in [0.717, 1.165) is 29.8 Å². The molecule has 3 aromatic rings. The van der Waals surface area contributed by atoms with Gasteiger partial charge in [0.1, 0.15) is 29.9 Å². The number of aromatic nitrogens is 3. The topological polar surface area (TPSA) is 69.4 Å². The number of alkyl halides is 3. The monoisotopic (exact) mass is 581 g/mol. The van der Waals surface area contributed by atoms with E-state index in [2.05, 4.69) is 10.1 Å². The van der Waals surface area contributed by atoms with Crippen LogP contribution in [0.15, 0.2) is 72.8 Å². The second-order valence-corrected chi connectivity index (χ2v) is 11.1. The fourth-order valence-electron chi connectivity index (χ4n) is 4.24. The van der Waals surface area contributed by atoms with Gasteiger partial charge in [-0.1, -0.05) is 42.8 Å². The van der Waals surface area contributed by atoms with Crippen molar-refractivity contribution in [2.45, 2.75) is 49.0 Å². The summed E-state index contributed by atoms with van der Waals surface area (Å²) in [5, 5.41) is 14.9. The maximum absolute atomic E-state index is 14.8. The molecule has 0 saturated carbocycles. The molecule has 12 heteroatoms. The normalized spacial score (nSPS) is 20.9. The van der Waals surface area contributed by atoms with E-state index in [0.29, 0.717) is 5.56 Å². The third-order valence-corrected chi connectivity index (χ3v) is 7.83. The molecule has 2 atom stereocenters. The summed E-state index contributed by atoms with van der Waals surface area (Å²) >= 11 is 1.35. The Morgan fingerprint density at radius 2 is 1.85 bits per heavy atom. The van der Waals surface area contributed by atoms with E-state index in [1.807, 2.05) is 6.92 Å². The van der Waals surface area contributed by atoms with Gasteiger partial charge >= 0.3 is 6.18 Å². The van der Waals surface area contributed by atoms with Crippen molar-refractivity contribution in [3.05, 3.63) is 101 Å². The molecule has 1 N–H and O–H groups in total. The van der Waals surface area contributed by atoms with Crippen LogP contribution in [0.3, 0.4) is 0 Å². The molecule has 6 nitrogen and oxygen atoms in total. The number of aliphatic hydroxyl groups is 1. The van der Waals surface area contributed by atoms with E-state index in [1.165, 1.54) is 47.3 Å². The van der Waals surface area contributed by atoms with Crippen LogP contribution < -0.4 is 0 Å². The molecule has 1 aliphatic heterocycles. The Labute approximate surface area is 232 Å². The summed E-state index contributed by atoms with van der Waals surface area (Å²) in [6.07, 6.45) is 2.89. The van der Waals surface area contributed by atoms with Gasteiger partial charge in [0.25, 0.3) is 0 Å². The maximum Gasteiger partial charge on any atom is 0.416 e. The number of hydrogen-bond donors (Lipinski definition) is 1. The van der Waals surface area contributed by atoms with E-state index in [-0.39, 0.29) is 30.6 Å². The van der Waals surface area contributed by atoms with Gasteiger partial charge < -0.3 is 14.6 Å². The molecular weight excluding hydrogens is 553 g/mol. The number of hydrogen-bond acceptors (Lipinski definition) is 6. The van der Waals surface area contributed by atoms with Gasteiger partial charge in [-0.3, -0.25) is 0 Å². The van der Waals surface area contributed by atoms with Gasteiger partial charge in [0.2, 0.25) is 0 Å². The van der Waals surface area contributed by atoms with Gasteiger partial charge in [-0.15, -0.1) is 11.8 Å². The van der Waals surface area contributed by atoms with Gasteiger partial charge in [-0.25, -0.2) is 18.4 Å². The van der Waals surface area contributed by atoms with E-state index in [4.69, 9.17) is 9.47 Å². The van der Waals surface area contributed by atoms with E-state index in [1.54, 1.807) is 25.2 Å². The van der Waals surface area contributed by atoms with Gasteiger partial charge in [-0.2, -0.15) is 18.3 Å². The first-order valence-electron chi connectivity index (χ1n) is 12.4. The van der Waals surface area contributed by atoms with Crippen molar-refractivity contribution in [2.24, 2.45) is 0 Å². The molecule has 40 heavy (non-hydrogen) atoms. The second kappa shape index (κ2) is 12.6. The lowest BCUT2D eigenvalue weighted by atomic mass is 9.90. The average molecular weight is 582 g/mol. The van der Waals surface area contributed by atoms with Crippen LogP contribution in [0.5, 0.6) is 0 Å². The zero-order valence-corrected chi connectivity index (χ0v) is 22.5. The largest absolute Gasteiger partial charge is 0.416 e. The van der Waals surface area contributed by atoms with Gasteiger partial charge in [0, 0.05) is 16.9 Å². The first-order chi connectivity index (χ1) is 18.9. The number of benzene rings is 2. The molecule has 2 aromatic carbocycles. The van der Waals surface area contributed by atoms with Crippen molar-refractivity contribution in [3.63, 3.8) is 0 Å².